The number of hydrogen-bond donors (Lipinski definition) is 1. The molecule has 1 unspecified atom stereocenters. The highest BCUT2D eigenvalue weighted by atomic mass is 16.5. The molecule has 1 spiro atoms. The van der Waals surface area contributed by atoms with Gasteiger partial charge in [0.05, 0.1) is 6.04 Å². The van der Waals surface area contributed by atoms with Gasteiger partial charge in [0.2, 0.25) is 0 Å². The van der Waals surface area contributed by atoms with Crippen LogP contribution in [0.3, 0.4) is 0 Å². The first-order valence-electron chi connectivity index (χ1n) is 8.96. The molecule has 1 N–H and O–H groups in total. The van der Waals surface area contributed by atoms with Gasteiger partial charge >= 0.3 is 6.03 Å². The van der Waals surface area contributed by atoms with Crippen molar-refractivity contribution < 1.29 is 9.53 Å². The van der Waals surface area contributed by atoms with E-state index in [0.717, 1.165) is 39.1 Å². The normalized spacial score (nSPS) is 21.8. The van der Waals surface area contributed by atoms with Gasteiger partial charge in [-0.3, -0.25) is 10.00 Å². The van der Waals surface area contributed by atoms with Crippen LogP contribution in [-0.2, 0) is 11.3 Å². The van der Waals surface area contributed by atoms with Crippen LogP contribution in [0.1, 0.15) is 31.4 Å². The Morgan fingerprint density at radius 1 is 1.28 bits per heavy atom. The number of benzene rings is 1. The third-order valence-corrected chi connectivity index (χ3v) is 5.44. The molecule has 1 atom stereocenters. The molecule has 1 aromatic heterocycles. The van der Waals surface area contributed by atoms with Crippen molar-refractivity contribution in [2.24, 2.45) is 5.41 Å². The van der Waals surface area contributed by atoms with E-state index < -0.39 is 0 Å². The number of aromatic nitrogens is 2. The average Bonchev–Trinajstić information content (AvgIpc) is 3.09. The van der Waals surface area contributed by atoms with Gasteiger partial charge in [0.25, 0.3) is 0 Å². The van der Waals surface area contributed by atoms with Gasteiger partial charge in [-0.1, -0.05) is 30.3 Å². The number of carbonyl (C=O) groups is 1. The molecular formula is C19H24N4O2. The quantitative estimate of drug-likeness (QED) is 0.933. The molecular weight excluding hydrogens is 316 g/mol. The topological polar surface area (TPSA) is 59.4 Å². The number of aryl methyl sites for hydroxylation is 1. The van der Waals surface area contributed by atoms with Crippen LogP contribution in [0.15, 0.2) is 42.6 Å². The van der Waals surface area contributed by atoms with Gasteiger partial charge in [0, 0.05) is 44.0 Å². The van der Waals surface area contributed by atoms with Gasteiger partial charge in [-0.05, 0) is 25.3 Å². The number of likely N-dealkylation sites (tertiary alicyclic amines) is 1. The number of urea groups is 1. The summed E-state index contributed by atoms with van der Waals surface area (Å²) in [6.45, 7) is 5.14. The number of amides is 2. The molecule has 0 bridgehead atoms. The Kier molecular flexibility index (Phi) is 4.21. The highest BCUT2D eigenvalue weighted by Crippen LogP contribution is 2.54. The summed E-state index contributed by atoms with van der Waals surface area (Å²) in [6.07, 6.45) is 3.88. The molecule has 3 heterocycles. The maximum absolute atomic E-state index is 12.8. The minimum Gasteiger partial charge on any atom is -0.381 e. The molecule has 2 aliphatic heterocycles. The van der Waals surface area contributed by atoms with E-state index in [2.05, 4.69) is 22.5 Å². The van der Waals surface area contributed by atoms with E-state index in [-0.39, 0.29) is 17.5 Å². The number of ether oxygens (including phenoxy) is 1. The zero-order valence-corrected chi connectivity index (χ0v) is 14.5. The van der Waals surface area contributed by atoms with Gasteiger partial charge in [0.1, 0.15) is 0 Å². The minimum absolute atomic E-state index is 0.0766. The van der Waals surface area contributed by atoms with Crippen LogP contribution in [0.2, 0.25) is 0 Å². The van der Waals surface area contributed by atoms with Crippen molar-refractivity contribution in [2.75, 3.05) is 25.1 Å². The Labute approximate surface area is 147 Å². The SMILES string of the molecule is CCn1ccc(NC(=O)N2CC3(CCOCC3)C2c2ccccc2)n1. The molecule has 0 aliphatic carbocycles. The lowest BCUT2D eigenvalue weighted by Gasteiger charge is -2.59. The van der Waals surface area contributed by atoms with Gasteiger partial charge < -0.3 is 9.64 Å². The van der Waals surface area contributed by atoms with E-state index in [1.807, 2.05) is 42.3 Å². The lowest BCUT2D eigenvalue weighted by molar-refractivity contribution is -0.109. The molecule has 2 amide bonds. The highest BCUT2D eigenvalue weighted by Gasteiger charge is 2.55. The third-order valence-electron chi connectivity index (χ3n) is 5.44. The number of anilines is 1. The fraction of sp³-hybridized carbons (Fsp3) is 0.474. The lowest BCUT2D eigenvalue weighted by Crippen LogP contribution is -2.63. The van der Waals surface area contributed by atoms with Gasteiger partial charge in [0.15, 0.2) is 5.82 Å². The summed E-state index contributed by atoms with van der Waals surface area (Å²) < 4.78 is 7.37. The Bertz CT molecular complexity index is 737. The maximum Gasteiger partial charge on any atom is 0.323 e. The second-order valence-corrected chi connectivity index (χ2v) is 6.90. The Balaban J connectivity index is 1.55. The summed E-state index contributed by atoms with van der Waals surface area (Å²) >= 11 is 0. The number of carbonyl (C=O) groups excluding carboxylic acids is 1. The van der Waals surface area contributed by atoms with Crippen molar-refractivity contribution in [1.29, 1.82) is 0 Å². The van der Waals surface area contributed by atoms with E-state index in [4.69, 9.17) is 4.74 Å². The average molecular weight is 340 g/mol. The highest BCUT2D eigenvalue weighted by molar-refractivity contribution is 5.89. The van der Waals surface area contributed by atoms with Crippen molar-refractivity contribution in [3.63, 3.8) is 0 Å². The molecule has 25 heavy (non-hydrogen) atoms. The van der Waals surface area contributed by atoms with Crippen molar-refractivity contribution >= 4 is 11.8 Å². The molecule has 4 rings (SSSR count). The van der Waals surface area contributed by atoms with Crippen LogP contribution < -0.4 is 5.32 Å². The van der Waals surface area contributed by atoms with Crippen LogP contribution in [-0.4, -0.2) is 40.5 Å². The number of nitrogens with one attached hydrogen (secondary N) is 1. The van der Waals surface area contributed by atoms with Gasteiger partial charge in [-0.15, -0.1) is 0 Å². The number of hydrogen-bond acceptors (Lipinski definition) is 3. The summed E-state index contributed by atoms with van der Waals surface area (Å²) in [6, 6.07) is 12.2. The predicted molar refractivity (Wildman–Crippen MR) is 95.3 cm³/mol. The summed E-state index contributed by atoms with van der Waals surface area (Å²) in [5, 5.41) is 7.29. The molecule has 2 aliphatic rings. The van der Waals surface area contributed by atoms with Crippen molar-refractivity contribution in [3.8, 4) is 0 Å². The zero-order valence-electron chi connectivity index (χ0n) is 14.5. The Morgan fingerprint density at radius 2 is 2.04 bits per heavy atom. The number of nitrogens with zero attached hydrogens (tertiary/aromatic N) is 3. The van der Waals surface area contributed by atoms with E-state index in [0.29, 0.717) is 5.82 Å². The van der Waals surface area contributed by atoms with E-state index in [9.17, 15) is 4.79 Å². The van der Waals surface area contributed by atoms with Gasteiger partial charge in [-0.25, -0.2) is 4.79 Å². The van der Waals surface area contributed by atoms with Crippen LogP contribution in [0.25, 0.3) is 0 Å². The summed E-state index contributed by atoms with van der Waals surface area (Å²) in [5.41, 5.74) is 1.34. The molecule has 6 heteroatoms. The Hall–Kier alpha value is -2.34. The molecule has 2 aromatic rings. The van der Waals surface area contributed by atoms with Crippen LogP contribution in [0.5, 0.6) is 0 Å². The smallest absolute Gasteiger partial charge is 0.323 e. The minimum atomic E-state index is -0.0766. The Morgan fingerprint density at radius 3 is 2.72 bits per heavy atom. The number of rotatable bonds is 3. The first kappa shape index (κ1) is 16.1. The largest absolute Gasteiger partial charge is 0.381 e. The van der Waals surface area contributed by atoms with Crippen molar-refractivity contribution in [2.45, 2.75) is 32.4 Å². The molecule has 2 saturated heterocycles. The summed E-state index contributed by atoms with van der Waals surface area (Å²) in [4.78, 5) is 14.8. The van der Waals surface area contributed by atoms with Crippen LogP contribution in [0.4, 0.5) is 10.6 Å². The molecule has 2 fully saturated rings. The molecule has 1 aromatic carbocycles. The first-order chi connectivity index (χ1) is 12.2. The maximum atomic E-state index is 12.8. The van der Waals surface area contributed by atoms with Crippen molar-refractivity contribution in [1.82, 2.24) is 14.7 Å². The second-order valence-electron chi connectivity index (χ2n) is 6.90. The molecule has 132 valence electrons. The monoisotopic (exact) mass is 340 g/mol. The van der Waals surface area contributed by atoms with Crippen LogP contribution in [0, 0.1) is 5.41 Å². The van der Waals surface area contributed by atoms with Crippen molar-refractivity contribution in [3.05, 3.63) is 48.2 Å². The lowest BCUT2D eigenvalue weighted by atomic mass is 9.64. The van der Waals surface area contributed by atoms with E-state index >= 15 is 0 Å². The predicted octanol–water partition coefficient (Wildman–Crippen LogP) is 3.29. The second kappa shape index (κ2) is 6.52. The van der Waals surface area contributed by atoms with Crippen LogP contribution >= 0.6 is 0 Å². The summed E-state index contributed by atoms with van der Waals surface area (Å²) in [5.74, 6) is 0.603. The summed E-state index contributed by atoms with van der Waals surface area (Å²) in [7, 11) is 0. The molecule has 0 saturated carbocycles. The fourth-order valence-corrected chi connectivity index (χ4v) is 4.09. The molecule has 0 radical (unpaired) electrons. The molecule has 6 nitrogen and oxygen atoms in total. The van der Waals surface area contributed by atoms with E-state index in [1.165, 1.54) is 5.56 Å². The first-order valence-corrected chi connectivity index (χ1v) is 8.96. The zero-order chi connectivity index (χ0) is 17.3. The van der Waals surface area contributed by atoms with Gasteiger partial charge in [-0.2, -0.15) is 5.10 Å². The van der Waals surface area contributed by atoms with E-state index in [1.54, 1.807) is 4.68 Å². The third kappa shape index (κ3) is 2.91. The fourth-order valence-electron chi connectivity index (χ4n) is 4.09. The standard InChI is InChI=1S/C19H24N4O2/c1-2-22-11-8-16(21-22)20-18(24)23-14-19(9-12-25-13-10-19)17(23)15-6-4-3-5-7-15/h3-8,11,17H,2,9-10,12-14H2,1H3,(H,20,21,24).